The molecule has 0 saturated carbocycles. The van der Waals surface area contributed by atoms with Crippen molar-refractivity contribution in [2.75, 3.05) is 39.6 Å². The Labute approximate surface area is 594 Å². The van der Waals surface area contributed by atoms with Crippen LogP contribution in [0.4, 0.5) is 0 Å². The molecule has 19 heteroatoms. The average Bonchev–Trinajstić information content (AvgIpc) is 1.10. The summed E-state index contributed by atoms with van der Waals surface area (Å²) < 4.78 is 68.5. The zero-order valence-corrected chi connectivity index (χ0v) is 65.5. The van der Waals surface area contributed by atoms with E-state index >= 15 is 0 Å². The molecule has 0 heterocycles. The molecule has 0 aromatic carbocycles. The van der Waals surface area contributed by atoms with E-state index in [2.05, 4.69) is 55.4 Å². The fraction of sp³-hybridized carbons (Fsp3) is 0.949. The van der Waals surface area contributed by atoms with Crippen molar-refractivity contribution >= 4 is 39.5 Å². The normalized spacial score (nSPS) is 14.1. The van der Waals surface area contributed by atoms with Crippen LogP contribution in [0.25, 0.3) is 0 Å². The summed E-state index contributed by atoms with van der Waals surface area (Å²) in [5.74, 6) is 0.902. The zero-order valence-electron chi connectivity index (χ0n) is 63.7. The number of carbonyl (C=O) groups is 4. The van der Waals surface area contributed by atoms with Crippen molar-refractivity contribution in [3.63, 3.8) is 0 Å². The van der Waals surface area contributed by atoms with Gasteiger partial charge in [-0.1, -0.05) is 344 Å². The Morgan fingerprint density at radius 2 is 0.433 bits per heavy atom. The van der Waals surface area contributed by atoms with Gasteiger partial charge >= 0.3 is 39.5 Å². The van der Waals surface area contributed by atoms with Crippen molar-refractivity contribution in [2.24, 2.45) is 23.7 Å². The Morgan fingerprint density at radius 1 is 0.258 bits per heavy atom. The maximum Gasteiger partial charge on any atom is 0.472 e. The van der Waals surface area contributed by atoms with Crippen LogP contribution in [0.2, 0.25) is 0 Å². The first-order chi connectivity index (χ1) is 46.6. The van der Waals surface area contributed by atoms with E-state index in [4.69, 9.17) is 37.0 Å². The summed E-state index contributed by atoms with van der Waals surface area (Å²) in [6.07, 6.45) is 53.0. The molecule has 0 saturated heterocycles. The molecule has 0 aromatic heterocycles. The van der Waals surface area contributed by atoms with Crippen LogP contribution in [-0.4, -0.2) is 96.7 Å². The summed E-state index contributed by atoms with van der Waals surface area (Å²) in [5.41, 5.74) is 0. The van der Waals surface area contributed by atoms with E-state index < -0.39 is 97.5 Å². The van der Waals surface area contributed by atoms with Gasteiger partial charge in [0.1, 0.15) is 19.3 Å². The minimum atomic E-state index is -4.96. The van der Waals surface area contributed by atoms with Crippen LogP contribution in [0.3, 0.4) is 0 Å². The predicted octanol–water partition coefficient (Wildman–Crippen LogP) is 22.8. The van der Waals surface area contributed by atoms with E-state index in [9.17, 15) is 43.2 Å². The van der Waals surface area contributed by atoms with E-state index in [1.165, 1.54) is 193 Å². The third-order valence-electron chi connectivity index (χ3n) is 18.1. The number of phosphoric ester groups is 2. The predicted molar refractivity (Wildman–Crippen MR) is 395 cm³/mol. The summed E-state index contributed by atoms with van der Waals surface area (Å²) in [7, 11) is -9.91. The van der Waals surface area contributed by atoms with Gasteiger partial charge in [0.15, 0.2) is 12.2 Å². The average molecular weight is 1420 g/mol. The Morgan fingerprint density at radius 3 is 0.639 bits per heavy atom. The summed E-state index contributed by atoms with van der Waals surface area (Å²) >= 11 is 0. The summed E-state index contributed by atoms with van der Waals surface area (Å²) in [6.45, 7) is 14.2. The quantitative estimate of drug-likeness (QED) is 0.0222. The number of hydrogen-bond acceptors (Lipinski definition) is 15. The van der Waals surface area contributed by atoms with Crippen LogP contribution in [0.5, 0.6) is 0 Å². The first-order valence-corrected chi connectivity index (χ1v) is 43.2. The van der Waals surface area contributed by atoms with Gasteiger partial charge in [-0.25, -0.2) is 9.13 Å². The van der Waals surface area contributed by atoms with Gasteiger partial charge in [0.05, 0.1) is 26.4 Å². The van der Waals surface area contributed by atoms with Gasteiger partial charge in [-0.3, -0.25) is 37.3 Å². The molecule has 0 aliphatic rings. The number of ether oxygens (including phenoxy) is 4. The molecule has 0 aromatic rings. The second-order valence-corrected chi connectivity index (χ2v) is 32.9. The topological polar surface area (TPSA) is 237 Å². The number of unbranched alkanes of at least 4 members (excludes halogenated alkanes) is 41. The van der Waals surface area contributed by atoms with Crippen molar-refractivity contribution in [3.8, 4) is 0 Å². The molecule has 0 amide bonds. The fourth-order valence-electron chi connectivity index (χ4n) is 11.9. The van der Waals surface area contributed by atoms with Crippen LogP contribution in [0.15, 0.2) is 0 Å². The molecule has 0 spiro atoms. The van der Waals surface area contributed by atoms with E-state index in [-0.39, 0.29) is 25.7 Å². The highest BCUT2D eigenvalue weighted by Gasteiger charge is 2.30. The van der Waals surface area contributed by atoms with Crippen LogP contribution >= 0.6 is 15.6 Å². The number of aliphatic hydroxyl groups excluding tert-OH is 1. The lowest BCUT2D eigenvalue weighted by molar-refractivity contribution is -0.161. The van der Waals surface area contributed by atoms with Crippen molar-refractivity contribution in [1.82, 2.24) is 0 Å². The second-order valence-electron chi connectivity index (χ2n) is 30.0. The first-order valence-electron chi connectivity index (χ1n) is 40.2. The minimum absolute atomic E-state index is 0.103. The van der Waals surface area contributed by atoms with Gasteiger partial charge in [-0.15, -0.1) is 0 Å². The maximum atomic E-state index is 13.1. The van der Waals surface area contributed by atoms with Gasteiger partial charge in [0.25, 0.3) is 0 Å². The molecule has 576 valence electrons. The highest BCUT2D eigenvalue weighted by Crippen LogP contribution is 2.45. The second kappa shape index (κ2) is 67.2. The molecule has 0 aliphatic heterocycles. The van der Waals surface area contributed by atoms with Crippen molar-refractivity contribution in [1.29, 1.82) is 0 Å². The number of rotatable bonds is 75. The number of phosphoric acid groups is 2. The number of hydrogen-bond donors (Lipinski definition) is 3. The lowest BCUT2D eigenvalue weighted by Gasteiger charge is -2.21. The molecule has 5 atom stereocenters. The largest absolute Gasteiger partial charge is 0.472 e. The van der Waals surface area contributed by atoms with Crippen LogP contribution in [0, 0.1) is 23.7 Å². The smallest absolute Gasteiger partial charge is 0.462 e. The van der Waals surface area contributed by atoms with Gasteiger partial charge < -0.3 is 33.8 Å². The highest BCUT2D eigenvalue weighted by atomic mass is 31.2. The molecular weight excluding hydrogens is 1270 g/mol. The molecule has 0 radical (unpaired) electrons. The Bertz CT molecular complexity index is 1900. The van der Waals surface area contributed by atoms with Crippen LogP contribution in [0.1, 0.15) is 396 Å². The lowest BCUT2D eigenvalue weighted by Crippen LogP contribution is -2.30. The Hall–Kier alpha value is -1.94. The van der Waals surface area contributed by atoms with Gasteiger partial charge in [-0.2, -0.15) is 0 Å². The molecule has 0 rings (SSSR count). The molecule has 3 N–H and O–H groups in total. The number of esters is 4. The van der Waals surface area contributed by atoms with Gasteiger partial charge in [0.2, 0.25) is 0 Å². The van der Waals surface area contributed by atoms with Crippen LogP contribution in [-0.2, 0) is 65.4 Å². The molecule has 17 nitrogen and oxygen atoms in total. The SMILES string of the molecule is CC(C)CCCCCCCCCCCCCCCCCCCCC(=O)OC[C@H](COP(=O)(O)OCC(O)COP(=O)(O)OC[C@@H](COC(=O)CCCCCCCCCC(C)C)OC(=O)CCCCCCCCCCC(C)C)OC(=O)CCCCCCCCCCCCCCC(C)C. The molecule has 97 heavy (non-hydrogen) atoms. The summed E-state index contributed by atoms with van der Waals surface area (Å²) in [4.78, 5) is 72.8. The molecular formula is C78H152O17P2. The lowest BCUT2D eigenvalue weighted by atomic mass is 10.0. The molecule has 0 fully saturated rings. The minimum Gasteiger partial charge on any atom is -0.462 e. The monoisotopic (exact) mass is 1420 g/mol. The standard InChI is InChI=1S/C78H152O17P2/c1-68(2)54-46-38-30-23-19-15-13-11-9-10-12-14-16-21-25-34-42-50-58-75(80)88-64-73(94-77(82)60-52-44-35-26-22-18-17-20-24-31-39-47-55-69(3)4)66-92-96(84,85)90-62-72(79)63-91-97(86,87)93-67-74(65-89-76(81)59-51-43-37-29-33-41-49-57-71(7)8)95-78(83)61-53-45-36-28-27-32-40-48-56-70(5)6/h68-74,79H,9-67H2,1-8H3,(H,84,85)(H,86,87)/t72?,73-,74-/m1/s1. The maximum absolute atomic E-state index is 13.1. The van der Waals surface area contributed by atoms with Crippen LogP contribution < -0.4 is 0 Å². The fourth-order valence-corrected chi connectivity index (χ4v) is 13.5. The van der Waals surface area contributed by atoms with Crippen molar-refractivity contribution in [2.45, 2.75) is 414 Å². The van der Waals surface area contributed by atoms with E-state index in [0.717, 1.165) is 114 Å². The van der Waals surface area contributed by atoms with E-state index in [1.807, 2.05) is 0 Å². The highest BCUT2D eigenvalue weighted by molar-refractivity contribution is 7.47. The third kappa shape index (κ3) is 72.2. The van der Waals surface area contributed by atoms with E-state index in [0.29, 0.717) is 31.6 Å². The molecule has 0 bridgehead atoms. The third-order valence-corrected chi connectivity index (χ3v) is 20.0. The zero-order chi connectivity index (χ0) is 71.7. The Balaban J connectivity index is 5.19. The van der Waals surface area contributed by atoms with E-state index in [1.54, 1.807) is 0 Å². The summed E-state index contributed by atoms with van der Waals surface area (Å²) in [5, 5.41) is 10.6. The Kier molecular flexibility index (Phi) is 65.9. The van der Waals surface area contributed by atoms with Crippen molar-refractivity contribution in [3.05, 3.63) is 0 Å². The number of aliphatic hydroxyl groups is 1. The van der Waals surface area contributed by atoms with Gasteiger partial charge in [-0.05, 0) is 49.4 Å². The summed E-state index contributed by atoms with van der Waals surface area (Å²) in [6, 6.07) is 0. The van der Waals surface area contributed by atoms with Gasteiger partial charge in [0, 0.05) is 25.7 Å². The van der Waals surface area contributed by atoms with Crippen molar-refractivity contribution < 1.29 is 80.2 Å². The first kappa shape index (κ1) is 95.1. The molecule has 3 unspecified atom stereocenters. The molecule has 0 aliphatic carbocycles. The number of carbonyl (C=O) groups excluding carboxylic acids is 4.